The topological polar surface area (TPSA) is 45.7 Å². The first-order valence-corrected chi connectivity index (χ1v) is 8.56. The molecule has 0 aliphatic carbocycles. The lowest BCUT2D eigenvalue weighted by atomic mass is 10.1. The van der Waals surface area contributed by atoms with E-state index < -0.39 is 0 Å². The van der Waals surface area contributed by atoms with Crippen LogP contribution in [0.15, 0.2) is 16.6 Å². The zero-order valence-electron chi connectivity index (χ0n) is 14.5. The van der Waals surface area contributed by atoms with E-state index in [9.17, 15) is 0 Å². The number of rotatable bonds is 9. The lowest BCUT2D eigenvalue weighted by molar-refractivity contribution is 0.153. The third-order valence-corrected chi connectivity index (χ3v) is 3.73. The maximum Gasteiger partial charge on any atom is 0.191 e. The van der Waals surface area contributed by atoms with Crippen molar-refractivity contribution in [2.45, 2.75) is 65.3 Å². The quantitative estimate of drug-likeness (QED) is 0.195. The summed E-state index contributed by atoms with van der Waals surface area (Å²) < 4.78 is 5.33. The summed E-state index contributed by atoms with van der Waals surface area (Å²) in [5.41, 5.74) is 1.48. The van der Waals surface area contributed by atoms with Crippen LogP contribution in [0.5, 0.6) is 0 Å². The summed E-state index contributed by atoms with van der Waals surface area (Å²) in [7, 11) is 0. The van der Waals surface area contributed by atoms with E-state index in [0.717, 1.165) is 45.1 Å². The molecule has 4 nitrogen and oxygen atoms in total. The fourth-order valence-corrected chi connectivity index (χ4v) is 2.43. The Balaban J connectivity index is 0.00000441. The molecule has 1 atom stereocenters. The average molecular weight is 423 g/mol. The van der Waals surface area contributed by atoms with E-state index in [4.69, 9.17) is 4.74 Å². The Bertz CT molecular complexity index is 332. The average Bonchev–Trinajstić information content (AvgIpc) is 2.49. The van der Waals surface area contributed by atoms with Gasteiger partial charge in [0.2, 0.25) is 0 Å². The second-order valence-electron chi connectivity index (χ2n) is 5.74. The number of guanidine groups is 1. The predicted octanol–water partition coefficient (Wildman–Crippen LogP) is 3.87. The van der Waals surface area contributed by atoms with Gasteiger partial charge in [0.25, 0.3) is 0 Å². The van der Waals surface area contributed by atoms with Crippen LogP contribution in [0.2, 0.25) is 0 Å². The monoisotopic (exact) mass is 423 g/mol. The van der Waals surface area contributed by atoms with Crippen LogP contribution >= 0.6 is 24.0 Å². The zero-order chi connectivity index (χ0) is 15.3. The van der Waals surface area contributed by atoms with Crippen molar-refractivity contribution in [2.24, 2.45) is 4.99 Å². The van der Waals surface area contributed by atoms with Gasteiger partial charge in [-0.15, -0.1) is 24.0 Å². The molecule has 22 heavy (non-hydrogen) atoms. The standard InChI is InChI=1S/C17H33N3O.HI/c1-4-6-7-8-15(3)20-17(18-5-2)19-12-9-16-10-13-21-14-11-16;/h10,15H,4-9,11-14H2,1-3H3,(H2,18,19,20);1H. The number of nitrogens with one attached hydrogen (secondary N) is 2. The summed E-state index contributed by atoms with van der Waals surface area (Å²) in [5.74, 6) is 0.953. The van der Waals surface area contributed by atoms with Gasteiger partial charge in [0.1, 0.15) is 0 Å². The first-order valence-electron chi connectivity index (χ1n) is 8.56. The Hall–Kier alpha value is -0.300. The minimum absolute atomic E-state index is 0. The van der Waals surface area contributed by atoms with Crippen LogP contribution in [0.4, 0.5) is 0 Å². The second-order valence-corrected chi connectivity index (χ2v) is 5.74. The first kappa shape index (κ1) is 21.7. The van der Waals surface area contributed by atoms with Crippen LogP contribution in [-0.2, 0) is 4.74 Å². The molecule has 5 heteroatoms. The van der Waals surface area contributed by atoms with Gasteiger partial charge in [-0.1, -0.05) is 37.8 Å². The molecular weight excluding hydrogens is 389 g/mol. The van der Waals surface area contributed by atoms with Crippen LogP contribution in [0.25, 0.3) is 0 Å². The van der Waals surface area contributed by atoms with Crippen molar-refractivity contribution < 1.29 is 4.74 Å². The number of aliphatic imine (C=N–C) groups is 1. The van der Waals surface area contributed by atoms with Crippen molar-refractivity contribution in [1.82, 2.24) is 10.6 Å². The van der Waals surface area contributed by atoms with Gasteiger partial charge < -0.3 is 15.4 Å². The SMILES string of the molecule is CCCCCC(C)NC(=NCCC1=CCOCC1)NCC.I. The van der Waals surface area contributed by atoms with Gasteiger partial charge in [-0.25, -0.2) is 0 Å². The van der Waals surface area contributed by atoms with Crippen LogP contribution in [0.3, 0.4) is 0 Å². The zero-order valence-corrected chi connectivity index (χ0v) is 16.8. The van der Waals surface area contributed by atoms with Crippen molar-refractivity contribution in [3.05, 3.63) is 11.6 Å². The van der Waals surface area contributed by atoms with Gasteiger partial charge in [-0.3, -0.25) is 4.99 Å². The lowest BCUT2D eigenvalue weighted by Crippen LogP contribution is -2.42. The second kappa shape index (κ2) is 14.3. The highest BCUT2D eigenvalue weighted by atomic mass is 127. The summed E-state index contributed by atoms with van der Waals surface area (Å²) in [4.78, 5) is 4.69. The molecule has 0 bridgehead atoms. The van der Waals surface area contributed by atoms with Crippen molar-refractivity contribution in [3.8, 4) is 0 Å². The van der Waals surface area contributed by atoms with E-state index in [1.165, 1.54) is 31.3 Å². The molecule has 1 aliphatic rings. The third-order valence-electron chi connectivity index (χ3n) is 3.73. The molecular formula is C17H34IN3O. The normalized spacial score (nSPS) is 16.5. The molecule has 2 N–H and O–H groups in total. The van der Waals surface area contributed by atoms with Crippen LogP contribution in [0, 0.1) is 0 Å². The van der Waals surface area contributed by atoms with Gasteiger partial charge in [-0.2, -0.15) is 0 Å². The van der Waals surface area contributed by atoms with E-state index in [2.05, 4.69) is 42.5 Å². The van der Waals surface area contributed by atoms with E-state index >= 15 is 0 Å². The van der Waals surface area contributed by atoms with Gasteiger partial charge in [-0.05, 0) is 33.1 Å². The molecule has 0 saturated heterocycles. The Morgan fingerprint density at radius 3 is 2.82 bits per heavy atom. The molecule has 1 unspecified atom stereocenters. The number of hydrogen-bond acceptors (Lipinski definition) is 2. The minimum atomic E-state index is 0. The van der Waals surface area contributed by atoms with Crippen molar-refractivity contribution in [2.75, 3.05) is 26.3 Å². The van der Waals surface area contributed by atoms with Crippen molar-refractivity contribution >= 4 is 29.9 Å². The number of hydrogen-bond donors (Lipinski definition) is 2. The fourth-order valence-electron chi connectivity index (χ4n) is 2.43. The van der Waals surface area contributed by atoms with Gasteiger partial charge >= 0.3 is 0 Å². The smallest absolute Gasteiger partial charge is 0.191 e. The van der Waals surface area contributed by atoms with E-state index in [1.807, 2.05) is 0 Å². The van der Waals surface area contributed by atoms with Crippen LogP contribution < -0.4 is 10.6 Å². The maximum absolute atomic E-state index is 5.33. The Labute approximate surface area is 153 Å². The summed E-state index contributed by atoms with van der Waals surface area (Å²) >= 11 is 0. The highest BCUT2D eigenvalue weighted by molar-refractivity contribution is 14.0. The molecule has 0 saturated carbocycles. The van der Waals surface area contributed by atoms with Crippen LogP contribution in [-0.4, -0.2) is 38.3 Å². The minimum Gasteiger partial charge on any atom is -0.377 e. The van der Waals surface area contributed by atoms with E-state index in [-0.39, 0.29) is 24.0 Å². The highest BCUT2D eigenvalue weighted by Gasteiger charge is 2.06. The lowest BCUT2D eigenvalue weighted by Gasteiger charge is -2.18. The maximum atomic E-state index is 5.33. The van der Waals surface area contributed by atoms with Crippen LogP contribution in [0.1, 0.15) is 59.3 Å². The predicted molar refractivity (Wildman–Crippen MR) is 106 cm³/mol. The van der Waals surface area contributed by atoms with Gasteiger partial charge in [0, 0.05) is 19.1 Å². The molecule has 1 rings (SSSR count). The Kier molecular flexibility index (Phi) is 14.1. The summed E-state index contributed by atoms with van der Waals surface area (Å²) in [6, 6.07) is 0.483. The molecule has 0 aromatic carbocycles. The molecule has 0 amide bonds. The van der Waals surface area contributed by atoms with Gasteiger partial charge in [0.15, 0.2) is 5.96 Å². The summed E-state index contributed by atoms with van der Waals surface area (Å²) in [6.45, 7) is 9.99. The molecule has 0 aromatic rings. The molecule has 0 aromatic heterocycles. The molecule has 0 fully saturated rings. The number of halogens is 1. The fraction of sp³-hybridized carbons (Fsp3) is 0.824. The highest BCUT2D eigenvalue weighted by Crippen LogP contribution is 2.11. The van der Waals surface area contributed by atoms with E-state index in [1.54, 1.807) is 0 Å². The number of unbranched alkanes of at least 4 members (excludes halogenated alkanes) is 2. The van der Waals surface area contributed by atoms with Gasteiger partial charge in [0.05, 0.1) is 13.2 Å². The largest absolute Gasteiger partial charge is 0.377 e. The molecule has 130 valence electrons. The third kappa shape index (κ3) is 10.4. The summed E-state index contributed by atoms with van der Waals surface area (Å²) in [5, 5.41) is 6.85. The molecule has 0 radical (unpaired) electrons. The molecule has 1 aliphatic heterocycles. The first-order chi connectivity index (χ1) is 10.3. The molecule has 0 spiro atoms. The Morgan fingerprint density at radius 1 is 1.36 bits per heavy atom. The summed E-state index contributed by atoms with van der Waals surface area (Å²) in [6.07, 6.45) is 9.40. The Morgan fingerprint density at radius 2 is 2.18 bits per heavy atom. The van der Waals surface area contributed by atoms with Crippen molar-refractivity contribution in [1.29, 1.82) is 0 Å². The number of ether oxygens (including phenoxy) is 1. The van der Waals surface area contributed by atoms with Crippen molar-refractivity contribution in [3.63, 3.8) is 0 Å². The molecule has 1 heterocycles. The number of nitrogens with zero attached hydrogens (tertiary/aromatic N) is 1. The van der Waals surface area contributed by atoms with E-state index in [0.29, 0.717) is 6.04 Å².